The molecule has 2 aromatic heterocycles. The minimum absolute atomic E-state index is 0.426. The van der Waals surface area contributed by atoms with Crippen molar-refractivity contribution in [2.45, 2.75) is 0 Å². The van der Waals surface area contributed by atoms with Crippen LogP contribution in [-0.4, -0.2) is 22.8 Å². The quantitative estimate of drug-likeness (QED) is 0.632. The molecule has 0 fully saturated rings. The van der Waals surface area contributed by atoms with Crippen molar-refractivity contribution in [1.29, 1.82) is 0 Å². The van der Waals surface area contributed by atoms with E-state index in [-0.39, 0.29) is 0 Å². The summed E-state index contributed by atoms with van der Waals surface area (Å²) in [6, 6.07) is 7.98. The van der Waals surface area contributed by atoms with Gasteiger partial charge in [-0.05, 0) is 12.1 Å². The number of nitrogen functional groups attached to an aromatic ring is 1. The molecule has 0 amide bonds. The number of aromatic nitrogens is 3. The molecule has 0 unspecified atom stereocenters. The van der Waals surface area contributed by atoms with Gasteiger partial charge < -0.3 is 5.73 Å². The van der Waals surface area contributed by atoms with E-state index in [0.29, 0.717) is 11.5 Å². The normalized spacial score (nSPS) is 10.8. The Labute approximate surface area is 103 Å². The third kappa shape index (κ3) is 1.76. The Kier molecular flexibility index (Phi) is 2.29. The van der Waals surface area contributed by atoms with Crippen LogP contribution in [0.25, 0.3) is 20.9 Å². The van der Waals surface area contributed by atoms with Gasteiger partial charge in [-0.2, -0.15) is 0 Å². The van der Waals surface area contributed by atoms with Crippen LogP contribution in [0.3, 0.4) is 0 Å². The summed E-state index contributed by atoms with van der Waals surface area (Å²) in [6.07, 6.45) is 1.66. The van der Waals surface area contributed by atoms with Gasteiger partial charge in [-0.3, -0.25) is 4.98 Å². The predicted molar refractivity (Wildman–Crippen MR) is 73.2 cm³/mol. The van der Waals surface area contributed by atoms with Crippen molar-refractivity contribution in [3.8, 4) is 10.7 Å². The van der Waals surface area contributed by atoms with Crippen LogP contribution in [0.5, 0.6) is 0 Å². The number of nitrogens with two attached hydrogens (primary N) is 1. The second-order valence-corrected chi connectivity index (χ2v) is 4.76. The first kappa shape index (κ1) is 10.2. The van der Waals surface area contributed by atoms with Crippen LogP contribution in [0.2, 0.25) is 0 Å². The molecule has 0 spiro atoms. The van der Waals surface area contributed by atoms with Gasteiger partial charge in [0.25, 0.3) is 0 Å². The number of hydrogen-bond donors (Lipinski definition) is 1. The van der Waals surface area contributed by atoms with Crippen molar-refractivity contribution >= 4 is 40.8 Å². The molecule has 2 heterocycles. The number of benzene rings is 1. The van der Waals surface area contributed by atoms with Gasteiger partial charge in [0.15, 0.2) is 13.7 Å². The van der Waals surface area contributed by atoms with Crippen LogP contribution >= 0.6 is 11.3 Å². The summed E-state index contributed by atoms with van der Waals surface area (Å²) in [5, 5.41) is 0.819. The highest BCUT2D eigenvalue weighted by Crippen LogP contribution is 2.30. The Morgan fingerprint density at radius 1 is 1.18 bits per heavy atom. The number of rotatable bonds is 1. The number of para-hydroxylation sites is 1. The van der Waals surface area contributed by atoms with E-state index in [4.69, 9.17) is 5.73 Å². The zero-order valence-electron chi connectivity index (χ0n) is 9.21. The van der Waals surface area contributed by atoms with Crippen LogP contribution in [0.1, 0.15) is 0 Å². The van der Waals surface area contributed by atoms with E-state index in [9.17, 15) is 0 Å². The van der Waals surface area contributed by atoms with Crippen molar-refractivity contribution in [3.05, 3.63) is 30.5 Å². The molecule has 0 saturated heterocycles. The molecule has 4 nitrogen and oxygen atoms in total. The second kappa shape index (κ2) is 3.82. The molecular formula is C11H9BN4S. The van der Waals surface area contributed by atoms with Crippen LogP contribution in [-0.2, 0) is 0 Å². The average molecular weight is 240 g/mol. The number of nitrogens with zero attached hydrogens (tertiary/aromatic N) is 3. The second-order valence-electron chi connectivity index (χ2n) is 3.73. The largest absolute Gasteiger partial charge is 0.382 e. The average Bonchev–Trinajstić information content (AvgIpc) is 2.75. The van der Waals surface area contributed by atoms with Gasteiger partial charge >= 0.3 is 0 Å². The Balaban J connectivity index is 2.23. The van der Waals surface area contributed by atoms with Gasteiger partial charge in [-0.1, -0.05) is 12.1 Å². The molecule has 0 atom stereocenters. The fourth-order valence-electron chi connectivity index (χ4n) is 1.62. The Hall–Kier alpha value is -1.95. The highest BCUT2D eigenvalue weighted by molar-refractivity contribution is 7.21. The van der Waals surface area contributed by atoms with Gasteiger partial charge in [-0.25, -0.2) is 9.97 Å². The molecule has 6 heteroatoms. The van der Waals surface area contributed by atoms with E-state index >= 15 is 0 Å². The summed E-state index contributed by atoms with van der Waals surface area (Å²) in [7, 11) is 1.89. The minimum Gasteiger partial charge on any atom is -0.382 e. The van der Waals surface area contributed by atoms with Gasteiger partial charge in [-0.15, -0.1) is 11.3 Å². The lowest BCUT2D eigenvalue weighted by Gasteiger charge is -2.00. The molecule has 2 N–H and O–H groups in total. The van der Waals surface area contributed by atoms with E-state index in [1.807, 2.05) is 32.1 Å². The predicted octanol–water partition coefficient (Wildman–Crippen LogP) is 0.594. The molecular weight excluding hydrogens is 231 g/mol. The molecule has 0 bridgehead atoms. The van der Waals surface area contributed by atoms with Crippen LogP contribution in [0, 0.1) is 0 Å². The first-order valence-corrected chi connectivity index (χ1v) is 6.01. The van der Waals surface area contributed by atoms with Crippen LogP contribution < -0.4 is 11.3 Å². The van der Waals surface area contributed by atoms with Crippen molar-refractivity contribution in [3.63, 3.8) is 0 Å². The Bertz CT molecular complexity index is 662. The summed E-state index contributed by atoms with van der Waals surface area (Å²) in [4.78, 5) is 13.0. The molecule has 1 aromatic carbocycles. The van der Waals surface area contributed by atoms with E-state index in [1.54, 1.807) is 17.5 Å². The maximum atomic E-state index is 5.84. The van der Waals surface area contributed by atoms with Crippen LogP contribution in [0.4, 0.5) is 5.82 Å². The Morgan fingerprint density at radius 2 is 2.00 bits per heavy atom. The monoisotopic (exact) mass is 240 g/mol. The topological polar surface area (TPSA) is 64.7 Å². The molecule has 0 saturated carbocycles. The van der Waals surface area contributed by atoms with E-state index < -0.39 is 0 Å². The van der Waals surface area contributed by atoms with Gasteiger partial charge in [0, 0.05) is 11.8 Å². The van der Waals surface area contributed by atoms with E-state index in [0.717, 1.165) is 20.8 Å². The van der Waals surface area contributed by atoms with Crippen molar-refractivity contribution in [2.75, 3.05) is 5.73 Å². The molecule has 3 aromatic rings. The van der Waals surface area contributed by atoms with Crippen molar-refractivity contribution in [1.82, 2.24) is 15.0 Å². The highest BCUT2D eigenvalue weighted by Gasteiger charge is 2.11. The smallest absolute Gasteiger partial charge is 0.166 e. The van der Waals surface area contributed by atoms with Gasteiger partial charge in [0.05, 0.1) is 10.2 Å². The molecule has 17 heavy (non-hydrogen) atoms. The molecule has 3 rings (SSSR count). The SMILES string of the molecule is Bc1cnc(N)c(-c2nc3ccccc3s2)n1. The van der Waals surface area contributed by atoms with Gasteiger partial charge in [0.1, 0.15) is 10.7 Å². The lowest BCUT2D eigenvalue weighted by Crippen LogP contribution is -2.12. The van der Waals surface area contributed by atoms with Crippen molar-refractivity contribution < 1.29 is 0 Å². The summed E-state index contributed by atoms with van der Waals surface area (Å²) in [6.45, 7) is 0. The summed E-state index contributed by atoms with van der Waals surface area (Å²) < 4.78 is 1.13. The summed E-state index contributed by atoms with van der Waals surface area (Å²) >= 11 is 1.58. The molecule has 82 valence electrons. The molecule has 0 radical (unpaired) electrons. The lowest BCUT2D eigenvalue weighted by atomic mass is 10.1. The van der Waals surface area contributed by atoms with E-state index in [1.165, 1.54) is 0 Å². The number of hydrogen-bond acceptors (Lipinski definition) is 5. The number of fused-ring (bicyclic) bond motifs is 1. The molecule has 0 aliphatic rings. The maximum absolute atomic E-state index is 5.84. The lowest BCUT2D eigenvalue weighted by molar-refractivity contribution is 1.24. The fourth-order valence-corrected chi connectivity index (χ4v) is 2.58. The maximum Gasteiger partial charge on any atom is 0.166 e. The number of anilines is 1. The van der Waals surface area contributed by atoms with Crippen molar-refractivity contribution in [2.24, 2.45) is 0 Å². The van der Waals surface area contributed by atoms with Gasteiger partial charge in [0.2, 0.25) is 0 Å². The first-order chi connectivity index (χ1) is 8.24. The van der Waals surface area contributed by atoms with Crippen LogP contribution in [0.15, 0.2) is 30.5 Å². The highest BCUT2D eigenvalue weighted by atomic mass is 32.1. The fraction of sp³-hybridized carbons (Fsp3) is 0. The standard InChI is InChI=1S/C11H9BN4S/c12-8-5-14-10(13)9(16-8)11-15-6-3-1-2-4-7(6)17-11/h1-5H,12H2,(H2,13,14). The van der Waals surface area contributed by atoms with E-state index in [2.05, 4.69) is 15.0 Å². The summed E-state index contributed by atoms with van der Waals surface area (Å²) in [5.41, 5.74) is 8.32. The molecule has 0 aliphatic carbocycles. The third-order valence-electron chi connectivity index (χ3n) is 2.42. The zero-order valence-corrected chi connectivity index (χ0v) is 10.0. The molecule has 0 aliphatic heterocycles. The first-order valence-electron chi connectivity index (χ1n) is 5.19. The Morgan fingerprint density at radius 3 is 2.82 bits per heavy atom. The summed E-state index contributed by atoms with van der Waals surface area (Å²) in [5.74, 6) is 0.426. The zero-order chi connectivity index (χ0) is 11.8. The number of thiazole rings is 1. The minimum atomic E-state index is 0.426. The third-order valence-corrected chi connectivity index (χ3v) is 3.46.